The molecule has 0 unspecified atom stereocenters. The zero-order chi connectivity index (χ0) is 16.1. The van der Waals surface area contributed by atoms with Crippen molar-refractivity contribution < 1.29 is 23.0 Å². The normalized spacial score (nSPS) is 10.4. The smallest absolute Gasteiger partial charge is 0.387 e. The Balaban J connectivity index is 2.20. The Morgan fingerprint density at radius 2 is 2.00 bits per heavy atom. The van der Waals surface area contributed by atoms with E-state index in [1.165, 1.54) is 37.4 Å². The number of ether oxygens (including phenoxy) is 2. The number of nitrogens with one attached hydrogen (secondary N) is 1. The topological polar surface area (TPSA) is 47.6 Å². The molecule has 0 aliphatic carbocycles. The van der Waals surface area contributed by atoms with Gasteiger partial charge in [-0.25, -0.2) is 0 Å². The number of methoxy groups -OCH3 is 1. The lowest BCUT2D eigenvalue weighted by atomic mass is 10.2. The molecule has 0 radical (unpaired) electrons. The Morgan fingerprint density at radius 1 is 1.23 bits per heavy atom. The van der Waals surface area contributed by atoms with Crippen molar-refractivity contribution in [3.63, 3.8) is 0 Å². The van der Waals surface area contributed by atoms with Gasteiger partial charge in [-0.15, -0.1) is 0 Å². The molecule has 0 fully saturated rings. The molecule has 1 N–H and O–H groups in total. The fourth-order valence-electron chi connectivity index (χ4n) is 1.79. The van der Waals surface area contributed by atoms with E-state index in [1.807, 2.05) is 0 Å². The molecule has 0 saturated carbocycles. The monoisotopic (exact) mass is 327 g/mol. The lowest BCUT2D eigenvalue weighted by molar-refractivity contribution is -0.0498. The highest BCUT2D eigenvalue weighted by molar-refractivity contribution is 6.31. The van der Waals surface area contributed by atoms with Crippen molar-refractivity contribution in [2.45, 2.75) is 6.61 Å². The van der Waals surface area contributed by atoms with Crippen LogP contribution in [-0.4, -0.2) is 19.6 Å². The summed E-state index contributed by atoms with van der Waals surface area (Å²) in [6.07, 6.45) is 0. The Labute approximate surface area is 130 Å². The molecule has 0 aliphatic rings. The van der Waals surface area contributed by atoms with Crippen LogP contribution in [0.4, 0.5) is 14.5 Å². The van der Waals surface area contributed by atoms with Crippen LogP contribution in [0.25, 0.3) is 0 Å². The fourth-order valence-corrected chi connectivity index (χ4v) is 1.96. The Hall–Kier alpha value is -2.34. The highest BCUT2D eigenvalue weighted by Gasteiger charge is 2.12. The number of carbonyl (C=O) groups is 1. The number of halogens is 3. The molecule has 0 bridgehead atoms. The maximum atomic E-state index is 12.2. The molecule has 0 aromatic heterocycles. The van der Waals surface area contributed by atoms with Crippen LogP contribution in [0.5, 0.6) is 11.5 Å². The van der Waals surface area contributed by atoms with E-state index in [9.17, 15) is 13.6 Å². The number of hydrogen-bond acceptors (Lipinski definition) is 3. The van der Waals surface area contributed by atoms with E-state index < -0.39 is 12.5 Å². The number of alkyl halides is 2. The summed E-state index contributed by atoms with van der Waals surface area (Å²) in [7, 11) is 1.45. The van der Waals surface area contributed by atoms with E-state index in [0.29, 0.717) is 16.5 Å². The second kappa shape index (κ2) is 7.09. The first kappa shape index (κ1) is 16.0. The molecule has 0 spiro atoms. The summed E-state index contributed by atoms with van der Waals surface area (Å²) in [6, 6.07) is 10.2. The van der Waals surface area contributed by atoms with Gasteiger partial charge in [-0.05, 0) is 36.4 Å². The summed E-state index contributed by atoms with van der Waals surface area (Å²) in [5.41, 5.74) is 0.542. The molecule has 116 valence electrons. The van der Waals surface area contributed by atoms with Crippen molar-refractivity contribution in [1.82, 2.24) is 0 Å². The van der Waals surface area contributed by atoms with Crippen LogP contribution in [0.15, 0.2) is 42.5 Å². The van der Waals surface area contributed by atoms with Crippen LogP contribution < -0.4 is 14.8 Å². The quantitative estimate of drug-likeness (QED) is 0.895. The van der Waals surface area contributed by atoms with Crippen molar-refractivity contribution in [3.8, 4) is 11.5 Å². The zero-order valence-electron chi connectivity index (χ0n) is 11.5. The SMILES string of the molecule is COc1ccc(Cl)cc1NC(=O)c1cccc(OC(F)F)c1. The van der Waals surface area contributed by atoms with E-state index in [0.717, 1.165) is 0 Å². The van der Waals surface area contributed by atoms with Gasteiger partial charge in [0.1, 0.15) is 11.5 Å². The summed E-state index contributed by atoms with van der Waals surface area (Å²) in [6.45, 7) is -2.95. The van der Waals surface area contributed by atoms with Crippen LogP contribution in [0, 0.1) is 0 Å². The predicted octanol–water partition coefficient (Wildman–Crippen LogP) is 4.20. The van der Waals surface area contributed by atoms with Crippen LogP contribution in [0.1, 0.15) is 10.4 Å². The molecule has 2 rings (SSSR count). The van der Waals surface area contributed by atoms with Crippen LogP contribution >= 0.6 is 11.6 Å². The van der Waals surface area contributed by atoms with Crippen molar-refractivity contribution >= 4 is 23.2 Å². The van der Waals surface area contributed by atoms with Gasteiger partial charge in [0.25, 0.3) is 5.91 Å². The summed E-state index contributed by atoms with van der Waals surface area (Å²) in [5.74, 6) is -0.168. The molecule has 7 heteroatoms. The Bertz CT molecular complexity index is 680. The summed E-state index contributed by atoms with van der Waals surface area (Å²) in [4.78, 5) is 12.2. The van der Waals surface area contributed by atoms with Crippen LogP contribution in [0.2, 0.25) is 5.02 Å². The first-order chi connectivity index (χ1) is 10.5. The minimum Gasteiger partial charge on any atom is -0.495 e. The molecule has 2 aromatic carbocycles. The number of hydrogen-bond donors (Lipinski definition) is 1. The average Bonchev–Trinajstić information content (AvgIpc) is 2.47. The van der Waals surface area contributed by atoms with Crippen molar-refractivity contribution in [3.05, 3.63) is 53.1 Å². The van der Waals surface area contributed by atoms with E-state index in [4.69, 9.17) is 16.3 Å². The second-order valence-electron chi connectivity index (χ2n) is 4.21. The number of benzene rings is 2. The van der Waals surface area contributed by atoms with Gasteiger partial charge in [0.2, 0.25) is 0 Å². The van der Waals surface area contributed by atoms with Crippen molar-refractivity contribution in [1.29, 1.82) is 0 Å². The Morgan fingerprint density at radius 3 is 2.68 bits per heavy atom. The second-order valence-corrected chi connectivity index (χ2v) is 4.64. The van der Waals surface area contributed by atoms with Crippen molar-refractivity contribution in [2.24, 2.45) is 0 Å². The molecule has 2 aromatic rings. The van der Waals surface area contributed by atoms with Gasteiger partial charge in [-0.3, -0.25) is 4.79 Å². The molecule has 0 heterocycles. The first-order valence-electron chi connectivity index (χ1n) is 6.19. The zero-order valence-corrected chi connectivity index (χ0v) is 12.2. The average molecular weight is 328 g/mol. The predicted molar refractivity (Wildman–Crippen MR) is 79.0 cm³/mol. The van der Waals surface area contributed by atoms with Gasteiger partial charge < -0.3 is 14.8 Å². The van der Waals surface area contributed by atoms with E-state index in [-0.39, 0.29) is 11.3 Å². The Kier molecular flexibility index (Phi) is 5.16. The minimum atomic E-state index is -2.95. The largest absolute Gasteiger partial charge is 0.495 e. The van der Waals surface area contributed by atoms with Crippen LogP contribution in [-0.2, 0) is 0 Å². The number of carbonyl (C=O) groups excluding carboxylic acids is 1. The molecular formula is C15H12ClF2NO3. The maximum absolute atomic E-state index is 12.2. The lowest BCUT2D eigenvalue weighted by Gasteiger charge is -2.11. The third-order valence-electron chi connectivity index (χ3n) is 2.73. The highest BCUT2D eigenvalue weighted by atomic mass is 35.5. The van der Waals surface area contributed by atoms with Crippen molar-refractivity contribution in [2.75, 3.05) is 12.4 Å². The van der Waals surface area contributed by atoms with Gasteiger partial charge in [0.05, 0.1) is 12.8 Å². The standard InChI is InChI=1S/C15H12ClF2NO3/c1-21-13-6-5-10(16)8-12(13)19-14(20)9-3-2-4-11(7-9)22-15(17)18/h2-8,15H,1H3,(H,19,20). The summed E-state index contributed by atoms with van der Waals surface area (Å²) in [5, 5.41) is 3.03. The number of amides is 1. The third kappa shape index (κ3) is 4.08. The fraction of sp³-hybridized carbons (Fsp3) is 0.133. The maximum Gasteiger partial charge on any atom is 0.387 e. The summed E-state index contributed by atoms with van der Waals surface area (Å²) < 4.78 is 33.8. The molecule has 0 aliphatic heterocycles. The van der Waals surface area contributed by atoms with E-state index in [1.54, 1.807) is 12.1 Å². The summed E-state index contributed by atoms with van der Waals surface area (Å²) >= 11 is 5.88. The molecular weight excluding hydrogens is 316 g/mol. The van der Waals surface area contributed by atoms with Gasteiger partial charge in [-0.1, -0.05) is 17.7 Å². The highest BCUT2D eigenvalue weighted by Crippen LogP contribution is 2.28. The minimum absolute atomic E-state index is 0.0966. The first-order valence-corrected chi connectivity index (χ1v) is 6.57. The molecule has 0 atom stereocenters. The number of anilines is 1. The number of rotatable bonds is 5. The molecule has 1 amide bonds. The third-order valence-corrected chi connectivity index (χ3v) is 2.97. The molecule has 0 saturated heterocycles. The molecule has 22 heavy (non-hydrogen) atoms. The van der Waals surface area contributed by atoms with E-state index >= 15 is 0 Å². The van der Waals surface area contributed by atoms with Gasteiger partial charge in [0.15, 0.2) is 0 Å². The van der Waals surface area contributed by atoms with E-state index in [2.05, 4.69) is 10.1 Å². The molecule has 4 nitrogen and oxygen atoms in total. The van der Waals surface area contributed by atoms with Gasteiger partial charge in [-0.2, -0.15) is 8.78 Å². The van der Waals surface area contributed by atoms with Crippen LogP contribution in [0.3, 0.4) is 0 Å². The lowest BCUT2D eigenvalue weighted by Crippen LogP contribution is -2.13. The van der Waals surface area contributed by atoms with Gasteiger partial charge in [0, 0.05) is 10.6 Å². The van der Waals surface area contributed by atoms with Gasteiger partial charge >= 0.3 is 6.61 Å².